The lowest BCUT2D eigenvalue weighted by Crippen LogP contribution is -2.71. The molecule has 0 aliphatic carbocycles. The Labute approximate surface area is 164 Å². The van der Waals surface area contributed by atoms with Crippen LogP contribution in [0.1, 0.15) is 44.6 Å². The van der Waals surface area contributed by atoms with Crippen molar-refractivity contribution in [2.24, 2.45) is 5.41 Å². The van der Waals surface area contributed by atoms with E-state index in [-0.39, 0.29) is 23.3 Å². The van der Waals surface area contributed by atoms with Gasteiger partial charge in [0.05, 0.1) is 18.6 Å². The number of esters is 1. The second kappa shape index (κ2) is 4.73. The fourth-order valence-electron chi connectivity index (χ4n) is 8.05. The van der Waals surface area contributed by atoms with Crippen molar-refractivity contribution in [1.29, 1.82) is 0 Å². The lowest BCUT2D eigenvalue weighted by molar-refractivity contribution is -0.211. The van der Waals surface area contributed by atoms with E-state index in [4.69, 9.17) is 9.47 Å². The fraction of sp³-hybridized carbons (Fsp3) is 0.636. The molecular weight excluding hydrogens is 356 g/mol. The highest BCUT2D eigenvalue weighted by molar-refractivity contribution is 5.89. The molecule has 0 unspecified atom stereocenters. The van der Waals surface area contributed by atoms with Crippen LogP contribution in [-0.2, 0) is 24.5 Å². The van der Waals surface area contributed by atoms with Crippen molar-refractivity contribution in [3.05, 3.63) is 29.8 Å². The molecule has 0 saturated carbocycles. The van der Waals surface area contributed by atoms with E-state index in [0.717, 1.165) is 24.9 Å². The van der Waals surface area contributed by atoms with Crippen molar-refractivity contribution in [1.82, 2.24) is 4.90 Å². The van der Waals surface area contributed by atoms with Gasteiger partial charge in [0.15, 0.2) is 11.3 Å². The zero-order valence-electron chi connectivity index (χ0n) is 16.7. The van der Waals surface area contributed by atoms with Crippen molar-refractivity contribution in [3.8, 4) is 0 Å². The predicted molar refractivity (Wildman–Crippen MR) is 102 cm³/mol. The van der Waals surface area contributed by atoms with Crippen molar-refractivity contribution < 1.29 is 19.1 Å². The minimum Gasteiger partial charge on any atom is -0.467 e. The molecule has 2 bridgehead atoms. The van der Waals surface area contributed by atoms with E-state index in [2.05, 4.69) is 37.1 Å². The highest BCUT2D eigenvalue weighted by Crippen LogP contribution is 2.79. The summed E-state index contributed by atoms with van der Waals surface area (Å²) in [4.78, 5) is 30.6. The monoisotopic (exact) mass is 382 g/mol. The first-order valence-electron chi connectivity index (χ1n) is 10.4. The summed E-state index contributed by atoms with van der Waals surface area (Å²) < 4.78 is 12.3. The molecule has 1 aromatic carbocycles. The Balaban J connectivity index is 1.72. The van der Waals surface area contributed by atoms with Crippen LogP contribution in [0, 0.1) is 5.41 Å². The number of likely N-dealkylation sites (N-methyl/N-ethyl adjacent to an activating group) is 1. The molecule has 6 rings (SSSR count). The number of anilines is 1. The van der Waals surface area contributed by atoms with Crippen LogP contribution < -0.4 is 4.90 Å². The van der Waals surface area contributed by atoms with Gasteiger partial charge in [-0.1, -0.05) is 25.1 Å². The maximum atomic E-state index is 13.3. The quantitative estimate of drug-likeness (QED) is 0.734. The second-order valence-corrected chi connectivity index (χ2v) is 9.24. The number of carbonyl (C=O) groups is 2. The van der Waals surface area contributed by atoms with E-state index in [9.17, 15) is 9.59 Å². The molecule has 0 radical (unpaired) electrons. The number of para-hydroxylation sites is 1. The van der Waals surface area contributed by atoms with Crippen LogP contribution in [0.4, 0.5) is 5.69 Å². The Morgan fingerprint density at radius 3 is 2.86 bits per heavy atom. The Hall–Kier alpha value is -2.08. The van der Waals surface area contributed by atoms with Gasteiger partial charge in [0.1, 0.15) is 0 Å². The van der Waals surface area contributed by atoms with Crippen molar-refractivity contribution >= 4 is 17.6 Å². The maximum absolute atomic E-state index is 13.3. The summed E-state index contributed by atoms with van der Waals surface area (Å²) in [5.74, 6) is -0.135. The van der Waals surface area contributed by atoms with Gasteiger partial charge in [0.2, 0.25) is 5.91 Å². The zero-order chi connectivity index (χ0) is 19.5. The molecule has 5 atom stereocenters. The van der Waals surface area contributed by atoms with Gasteiger partial charge in [0.25, 0.3) is 0 Å². The summed E-state index contributed by atoms with van der Waals surface area (Å²) in [5, 5.41) is 0. The SMILES string of the molecule is CC[C@]12CCC(=O)N3CC[C@]45c6ccccc6N(C)[C@H]4[C@@](C(=O)OC)(C1)O[C@@]325. The number of hydrogen-bond donors (Lipinski definition) is 0. The minimum atomic E-state index is -1.04. The van der Waals surface area contributed by atoms with E-state index in [1.807, 2.05) is 11.0 Å². The third-order valence-corrected chi connectivity index (χ3v) is 8.75. The van der Waals surface area contributed by atoms with Gasteiger partial charge in [0, 0.05) is 31.1 Å². The first-order chi connectivity index (χ1) is 13.4. The first kappa shape index (κ1) is 16.8. The number of piperidine rings is 1. The summed E-state index contributed by atoms with van der Waals surface area (Å²) >= 11 is 0. The Kier molecular flexibility index (Phi) is 2.84. The number of hydrogen-bond acceptors (Lipinski definition) is 5. The number of nitrogens with zero attached hydrogens (tertiary/aromatic N) is 2. The standard InChI is InChI=1S/C22H26N2O4/c1-4-19-10-9-16(25)24-12-11-20-14-7-5-6-8-15(14)23(2)17(20)21(13-19,18(26)27-3)28-22(19,20)24/h5-8,17H,4,9-13H2,1-3H3/t17-,19+,20+,21-,22+/m1/s1. The molecule has 148 valence electrons. The van der Waals surface area contributed by atoms with E-state index in [1.165, 1.54) is 12.7 Å². The molecule has 0 N–H and O–H groups in total. The van der Waals surface area contributed by atoms with E-state index in [1.54, 1.807) is 0 Å². The highest BCUT2D eigenvalue weighted by atomic mass is 16.6. The minimum absolute atomic E-state index is 0.152. The summed E-state index contributed by atoms with van der Waals surface area (Å²) in [6.07, 6.45) is 3.64. The highest BCUT2D eigenvalue weighted by Gasteiger charge is 2.91. The third-order valence-electron chi connectivity index (χ3n) is 8.75. The van der Waals surface area contributed by atoms with Crippen molar-refractivity contribution in [2.45, 2.75) is 61.8 Å². The van der Waals surface area contributed by atoms with E-state index in [0.29, 0.717) is 19.4 Å². The molecule has 5 aliphatic rings. The molecule has 6 heteroatoms. The molecule has 5 heterocycles. The molecule has 4 fully saturated rings. The molecule has 0 aromatic heterocycles. The molecule has 2 spiro atoms. The average molecular weight is 382 g/mol. The van der Waals surface area contributed by atoms with Crippen LogP contribution in [0.3, 0.4) is 0 Å². The Morgan fingerprint density at radius 2 is 2.11 bits per heavy atom. The molecule has 1 amide bonds. The fourth-order valence-corrected chi connectivity index (χ4v) is 8.05. The van der Waals surface area contributed by atoms with E-state index < -0.39 is 16.7 Å². The number of fused-ring (bicyclic) bond motifs is 3. The largest absolute Gasteiger partial charge is 0.467 e. The van der Waals surface area contributed by atoms with Crippen LogP contribution >= 0.6 is 0 Å². The summed E-state index contributed by atoms with van der Waals surface area (Å²) in [6.45, 7) is 2.87. The van der Waals surface area contributed by atoms with Crippen LogP contribution in [-0.4, -0.2) is 54.8 Å². The van der Waals surface area contributed by atoms with Crippen LogP contribution in [0.25, 0.3) is 0 Å². The molecule has 6 nitrogen and oxygen atoms in total. The number of ether oxygens (including phenoxy) is 2. The van der Waals surface area contributed by atoms with Gasteiger partial charge < -0.3 is 19.3 Å². The summed E-state index contributed by atoms with van der Waals surface area (Å²) in [7, 11) is 3.51. The van der Waals surface area contributed by atoms with Crippen molar-refractivity contribution in [3.63, 3.8) is 0 Å². The molecule has 5 aliphatic heterocycles. The molecule has 28 heavy (non-hydrogen) atoms. The average Bonchev–Trinajstić information content (AvgIpc) is 3.37. The lowest BCUT2D eigenvalue weighted by atomic mass is 9.49. The lowest BCUT2D eigenvalue weighted by Gasteiger charge is -2.57. The molecular formula is C22H26N2O4. The second-order valence-electron chi connectivity index (χ2n) is 9.24. The van der Waals surface area contributed by atoms with Crippen LogP contribution in [0.15, 0.2) is 24.3 Å². The van der Waals surface area contributed by atoms with Gasteiger partial charge in [-0.05, 0) is 37.3 Å². The normalized spacial score (nSPS) is 44.5. The van der Waals surface area contributed by atoms with E-state index >= 15 is 0 Å². The summed E-state index contributed by atoms with van der Waals surface area (Å²) in [6, 6.07) is 8.27. The van der Waals surface area contributed by atoms with Crippen LogP contribution in [0.5, 0.6) is 0 Å². The predicted octanol–water partition coefficient (Wildman–Crippen LogP) is 2.21. The Morgan fingerprint density at radius 1 is 1.32 bits per heavy atom. The maximum Gasteiger partial charge on any atom is 0.340 e. The van der Waals surface area contributed by atoms with Gasteiger partial charge >= 0.3 is 5.97 Å². The summed E-state index contributed by atoms with van der Waals surface area (Å²) in [5.41, 5.74) is -0.0404. The number of methoxy groups -OCH3 is 1. The zero-order valence-corrected chi connectivity index (χ0v) is 16.7. The number of amides is 1. The van der Waals surface area contributed by atoms with Gasteiger partial charge in [-0.25, -0.2) is 4.79 Å². The first-order valence-corrected chi connectivity index (χ1v) is 10.4. The smallest absolute Gasteiger partial charge is 0.340 e. The van der Waals surface area contributed by atoms with Gasteiger partial charge in [-0.2, -0.15) is 0 Å². The Bertz CT molecular complexity index is 933. The molecule has 4 saturated heterocycles. The number of rotatable bonds is 2. The van der Waals surface area contributed by atoms with Gasteiger partial charge in [-0.15, -0.1) is 0 Å². The van der Waals surface area contributed by atoms with Crippen molar-refractivity contribution in [2.75, 3.05) is 25.6 Å². The number of benzene rings is 1. The third kappa shape index (κ3) is 1.31. The number of carbonyl (C=O) groups excluding carboxylic acids is 2. The topological polar surface area (TPSA) is 59.1 Å². The molecule has 1 aromatic rings. The van der Waals surface area contributed by atoms with Gasteiger partial charge in [-0.3, -0.25) is 4.79 Å². The van der Waals surface area contributed by atoms with Crippen LogP contribution in [0.2, 0.25) is 0 Å².